The highest BCUT2D eigenvalue weighted by Gasteiger charge is 2.18. The first-order valence-electron chi connectivity index (χ1n) is 8.61. The molecule has 0 aliphatic heterocycles. The second-order valence-electron chi connectivity index (χ2n) is 6.03. The Morgan fingerprint density at radius 2 is 1.92 bits per heavy atom. The van der Waals surface area contributed by atoms with Crippen molar-refractivity contribution >= 4 is 33.5 Å². The van der Waals surface area contributed by atoms with E-state index in [-0.39, 0.29) is 11.6 Å². The van der Waals surface area contributed by atoms with Crippen LogP contribution < -0.4 is 10.9 Å². The maximum Gasteiger partial charge on any atom is 0.261 e. The van der Waals surface area contributed by atoms with Crippen LogP contribution in [0.5, 0.6) is 0 Å². The molecule has 0 saturated carbocycles. The second kappa shape index (κ2) is 8.10. The molecule has 4 nitrogen and oxygen atoms in total. The summed E-state index contributed by atoms with van der Waals surface area (Å²) in [6.45, 7) is 5.56. The molecule has 0 bridgehead atoms. The van der Waals surface area contributed by atoms with Gasteiger partial charge in [-0.25, -0.2) is 4.98 Å². The monoisotopic (exact) mass is 447 g/mol. The molecule has 2 aromatic carbocycles. The molecule has 0 fully saturated rings. The predicted molar refractivity (Wildman–Crippen MR) is 111 cm³/mol. The van der Waals surface area contributed by atoms with Crippen LogP contribution in [0.4, 0.5) is 0 Å². The van der Waals surface area contributed by atoms with Crippen molar-refractivity contribution in [3.05, 3.63) is 73.8 Å². The summed E-state index contributed by atoms with van der Waals surface area (Å²) in [5, 5.41) is 4.13. The van der Waals surface area contributed by atoms with Crippen LogP contribution in [0.3, 0.4) is 0 Å². The van der Waals surface area contributed by atoms with Gasteiger partial charge in [0, 0.05) is 3.57 Å². The number of hydrogen-bond donors (Lipinski definition) is 1. The molecule has 0 radical (unpaired) electrons. The highest BCUT2D eigenvalue weighted by Crippen LogP contribution is 2.19. The molecule has 3 rings (SSSR count). The van der Waals surface area contributed by atoms with Gasteiger partial charge in [-0.15, -0.1) is 0 Å². The first-order chi connectivity index (χ1) is 12.1. The van der Waals surface area contributed by atoms with Crippen molar-refractivity contribution in [3.8, 4) is 0 Å². The number of nitrogens with one attached hydrogen (secondary N) is 1. The zero-order chi connectivity index (χ0) is 17.8. The molecule has 0 spiro atoms. The first kappa shape index (κ1) is 18.1. The second-order valence-corrected chi connectivity index (χ2v) is 7.27. The minimum Gasteiger partial charge on any atom is -0.308 e. The molecule has 25 heavy (non-hydrogen) atoms. The van der Waals surface area contributed by atoms with E-state index in [1.165, 1.54) is 0 Å². The van der Waals surface area contributed by atoms with E-state index in [2.05, 4.69) is 41.8 Å². The molecular formula is C20H22IN3O. The van der Waals surface area contributed by atoms with E-state index in [1.807, 2.05) is 53.1 Å². The number of hydrogen-bond acceptors (Lipinski definition) is 3. The molecule has 130 valence electrons. The zero-order valence-electron chi connectivity index (χ0n) is 14.5. The summed E-state index contributed by atoms with van der Waals surface area (Å²) >= 11 is 2.26. The fourth-order valence-electron chi connectivity index (χ4n) is 3.06. The quantitative estimate of drug-likeness (QED) is 0.579. The van der Waals surface area contributed by atoms with Gasteiger partial charge in [0.15, 0.2) is 0 Å². The Labute approximate surface area is 161 Å². The summed E-state index contributed by atoms with van der Waals surface area (Å²) in [5.41, 5.74) is 1.90. The van der Waals surface area contributed by atoms with Crippen LogP contribution in [0, 0.1) is 3.57 Å². The number of fused-ring (bicyclic) bond motifs is 1. The maximum atomic E-state index is 13.2. The van der Waals surface area contributed by atoms with Crippen molar-refractivity contribution in [1.29, 1.82) is 0 Å². The molecule has 0 aliphatic carbocycles. The first-order valence-corrected chi connectivity index (χ1v) is 9.69. The largest absolute Gasteiger partial charge is 0.308 e. The molecule has 1 N–H and O–H groups in total. The Balaban J connectivity index is 2.21. The Kier molecular flexibility index (Phi) is 5.86. The lowest BCUT2D eigenvalue weighted by Gasteiger charge is -2.21. The van der Waals surface area contributed by atoms with Gasteiger partial charge < -0.3 is 5.32 Å². The summed E-state index contributed by atoms with van der Waals surface area (Å²) in [4.78, 5) is 18.1. The van der Waals surface area contributed by atoms with Crippen LogP contribution in [-0.4, -0.2) is 16.1 Å². The molecule has 1 heterocycles. The van der Waals surface area contributed by atoms with E-state index in [0.29, 0.717) is 11.9 Å². The summed E-state index contributed by atoms with van der Waals surface area (Å²) in [7, 11) is 0. The molecule has 1 aromatic heterocycles. The maximum absolute atomic E-state index is 13.2. The molecule has 1 atom stereocenters. The minimum absolute atomic E-state index is 0.0246. The van der Waals surface area contributed by atoms with Gasteiger partial charge in [0.2, 0.25) is 0 Å². The van der Waals surface area contributed by atoms with Crippen molar-refractivity contribution in [2.24, 2.45) is 0 Å². The molecule has 5 heteroatoms. The highest BCUT2D eigenvalue weighted by atomic mass is 127. The van der Waals surface area contributed by atoms with Crippen molar-refractivity contribution in [2.45, 2.75) is 32.9 Å². The average Bonchev–Trinajstić information content (AvgIpc) is 2.62. The van der Waals surface area contributed by atoms with Crippen LogP contribution >= 0.6 is 22.6 Å². The van der Waals surface area contributed by atoms with E-state index >= 15 is 0 Å². The third-order valence-electron chi connectivity index (χ3n) is 4.30. The minimum atomic E-state index is 0.0246. The smallest absolute Gasteiger partial charge is 0.261 e. The Morgan fingerprint density at radius 1 is 1.16 bits per heavy atom. The average molecular weight is 447 g/mol. The summed E-state index contributed by atoms with van der Waals surface area (Å²) in [6, 6.07) is 15.9. The van der Waals surface area contributed by atoms with Gasteiger partial charge in [0.1, 0.15) is 5.82 Å². The number of benzene rings is 2. The Morgan fingerprint density at radius 3 is 2.60 bits per heavy atom. The van der Waals surface area contributed by atoms with Gasteiger partial charge >= 0.3 is 0 Å². The highest BCUT2D eigenvalue weighted by molar-refractivity contribution is 14.1. The van der Waals surface area contributed by atoms with Gasteiger partial charge in [0.25, 0.3) is 5.56 Å². The Hall–Kier alpha value is -1.73. The standard InChI is InChI=1S/C20H22IN3O/c1-3-17(22-4-2)19-23-18-12-15(21)10-11-16(18)20(25)24(19)13-14-8-6-5-7-9-14/h5-12,17,22H,3-4,13H2,1-2H3. The molecule has 0 saturated heterocycles. The fraction of sp³-hybridized carbons (Fsp3) is 0.300. The topological polar surface area (TPSA) is 46.9 Å². The molecule has 0 aliphatic rings. The van der Waals surface area contributed by atoms with Gasteiger partial charge in [-0.3, -0.25) is 9.36 Å². The lowest BCUT2D eigenvalue weighted by molar-refractivity contribution is 0.479. The number of rotatable bonds is 6. The molecule has 0 amide bonds. The van der Waals surface area contributed by atoms with Crippen LogP contribution in [0.1, 0.15) is 37.7 Å². The van der Waals surface area contributed by atoms with Crippen LogP contribution in [-0.2, 0) is 6.54 Å². The van der Waals surface area contributed by atoms with E-state index < -0.39 is 0 Å². The third kappa shape index (κ3) is 3.93. The summed E-state index contributed by atoms with van der Waals surface area (Å²) in [6.07, 6.45) is 0.879. The normalized spacial score (nSPS) is 12.4. The summed E-state index contributed by atoms with van der Waals surface area (Å²) < 4.78 is 2.90. The number of aromatic nitrogens is 2. The van der Waals surface area contributed by atoms with Gasteiger partial charge in [0.05, 0.1) is 23.5 Å². The zero-order valence-corrected chi connectivity index (χ0v) is 16.7. The van der Waals surface area contributed by atoms with Crippen LogP contribution in [0.25, 0.3) is 10.9 Å². The molecule has 1 unspecified atom stereocenters. The third-order valence-corrected chi connectivity index (χ3v) is 4.97. The van der Waals surface area contributed by atoms with Crippen molar-refractivity contribution in [2.75, 3.05) is 6.54 Å². The van der Waals surface area contributed by atoms with Crippen molar-refractivity contribution in [3.63, 3.8) is 0 Å². The van der Waals surface area contributed by atoms with Crippen LogP contribution in [0.15, 0.2) is 53.3 Å². The van der Waals surface area contributed by atoms with E-state index in [1.54, 1.807) is 0 Å². The van der Waals surface area contributed by atoms with Crippen molar-refractivity contribution < 1.29 is 0 Å². The van der Waals surface area contributed by atoms with E-state index in [4.69, 9.17) is 4.98 Å². The number of nitrogens with zero attached hydrogens (tertiary/aromatic N) is 2. The van der Waals surface area contributed by atoms with Crippen LogP contribution in [0.2, 0.25) is 0 Å². The number of halogens is 1. The lowest BCUT2D eigenvalue weighted by Crippen LogP contribution is -2.32. The SMILES string of the molecule is CCNC(CC)c1nc2cc(I)ccc2c(=O)n1Cc1ccccc1. The van der Waals surface area contributed by atoms with Crippen molar-refractivity contribution in [1.82, 2.24) is 14.9 Å². The summed E-state index contributed by atoms with van der Waals surface area (Å²) in [5.74, 6) is 0.813. The van der Waals surface area contributed by atoms with E-state index in [9.17, 15) is 4.79 Å². The molecule has 3 aromatic rings. The van der Waals surface area contributed by atoms with Gasteiger partial charge in [-0.2, -0.15) is 0 Å². The lowest BCUT2D eigenvalue weighted by atomic mass is 10.1. The van der Waals surface area contributed by atoms with Gasteiger partial charge in [-0.05, 0) is 59.3 Å². The van der Waals surface area contributed by atoms with Gasteiger partial charge in [-0.1, -0.05) is 44.2 Å². The fourth-order valence-corrected chi connectivity index (χ4v) is 3.54. The Bertz CT molecular complexity index is 921. The van der Waals surface area contributed by atoms with E-state index in [0.717, 1.165) is 33.4 Å². The predicted octanol–water partition coefficient (Wildman–Crippen LogP) is 4.11. The molecular weight excluding hydrogens is 425 g/mol.